The lowest BCUT2D eigenvalue weighted by molar-refractivity contribution is -0.158. The van der Waals surface area contributed by atoms with E-state index in [4.69, 9.17) is 72.8 Å². The van der Waals surface area contributed by atoms with Crippen molar-refractivity contribution in [2.75, 3.05) is 39.6 Å². The Morgan fingerprint density at radius 2 is 0.637 bits per heavy atom. The number of aliphatic carboxylic acids is 4. The summed E-state index contributed by atoms with van der Waals surface area (Å²) in [7, 11) is 0. The fourth-order valence-electron chi connectivity index (χ4n) is 8.44. The number of carboxylic acids is 4. The summed E-state index contributed by atoms with van der Waals surface area (Å²) >= 11 is 0. The van der Waals surface area contributed by atoms with E-state index in [0.29, 0.717) is 0 Å². The van der Waals surface area contributed by atoms with E-state index in [1.807, 2.05) is 36.4 Å². The van der Waals surface area contributed by atoms with Crippen LogP contribution >= 0.6 is 0 Å². The predicted octanol–water partition coefficient (Wildman–Crippen LogP) is 11.0. The average Bonchev–Trinajstić information content (AvgIpc) is 0.855. The Morgan fingerprint density at radius 1 is 0.347 bits per heavy atom. The van der Waals surface area contributed by atoms with Gasteiger partial charge in [-0.2, -0.15) is 0 Å². The lowest BCUT2D eigenvalue weighted by atomic mass is 9.96. The van der Waals surface area contributed by atoms with Gasteiger partial charge in [0.05, 0.1) is 42.9 Å². The Labute approximate surface area is 724 Å². The molecule has 124 heavy (non-hydrogen) atoms. The van der Waals surface area contributed by atoms with Crippen molar-refractivity contribution in [1.82, 2.24) is 21.3 Å². The maximum Gasteiger partial charge on any atom is 0.408 e. The Kier molecular flexibility index (Phi) is 63.1. The van der Waals surface area contributed by atoms with Gasteiger partial charge in [0.1, 0.15) is 105 Å². The van der Waals surface area contributed by atoms with Gasteiger partial charge in [-0.25, -0.2) is 38.4 Å². The van der Waals surface area contributed by atoms with Crippen LogP contribution in [0.25, 0.3) is 0 Å². The van der Waals surface area contributed by atoms with Crippen LogP contribution in [0.4, 0.5) is 19.2 Å². The van der Waals surface area contributed by atoms with Crippen LogP contribution in [0.5, 0.6) is 0 Å². The second-order valence-electron chi connectivity index (χ2n) is 29.3. The van der Waals surface area contributed by atoms with E-state index in [1.165, 1.54) is 54.7 Å². The average molecular weight is 1750 g/mol. The molecule has 0 saturated carbocycles. The monoisotopic (exact) mass is 1750 g/mol. The molecule has 0 aliphatic carbocycles. The predicted molar refractivity (Wildman–Crippen MR) is 455 cm³/mol. The van der Waals surface area contributed by atoms with Crippen LogP contribution < -0.4 is 27.0 Å². The maximum absolute atomic E-state index is 12.7. The number of allylic oxidation sites excluding steroid dienone is 3. The van der Waals surface area contributed by atoms with Crippen molar-refractivity contribution in [2.24, 2.45) is 29.4 Å². The van der Waals surface area contributed by atoms with Crippen LogP contribution in [0.2, 0.25) is 0 Å². The number of esters is 8. The van der Waals surface area contributed by atoms with Gasteiger partial charge >= 0.3 is 96.0 Å². The van der Waals surface area contributed by atoms with Gasteiger partial charge < -0.3 is 104 Å². The molecule has 37 heteroatoms. The standard InChI is InChI=1S/C22H29NO6.C19H25NO6.2C15H23NO6.C11H16O4.C4H7NO4.CH4/c1-6-11-17(19(24)28-15-16-12-9-8-10-13-16)18(20(25)27-14-7-2)23-21(26)29-22(3,4)5;1-5-9-14(17(23)25-12-13-10-7-6-8-11-13)15(16(21)22)20-18(24)26-19(2,3)4;1-6-8-20-12(17)10-11(13(18)21-9-7-2)16-14(19)22-15(3,4)5;1-6-8-10(12(17)18)11(13(19)21-9-7-2)16-14(20)22-15(3,4)5;1-4-6-14-10(12)8-9(3)11(13)15-7-5-2;5-2(4(8)9)1-3(6)7;/h6-10,12-13,17-18H,1-2,11,14-15H2,3-5H3,(H,23,26);5-8,10-11,14-15H,1,9,12H2,2-4H3,(H,20,24)(H,21,22);6-7,11H,1-2,8-10H2,3-5H3,(H,16,19);6-7,10-11H,1-2,8-9H2,3-5H3,(H,16,20)(H,17,18);4-5,9H,1-2,6-8H2,3H3;2H,1,5H2,(H,6,7)(H,8,9);1H4/t17-,18+;14-,15+;11-;10-,11+;;2-;/m0010.1./s1. The van der Waals surface area contributed by atoms with Crippen LogP contribution in [-0.4, -0.2) is 209 Å². The number of benzene rings is 2. The number of rotatable bonds is 44. The van der Waals surface area contributed by atoms with Crippen LogP contribution in [0.3, 0.4) is 0 Å². The fraction of sp³-hybridized carbons (Fsp3) is 0.471. The molecule has 2 aromatic rings. The van der Waals surface area contributed by atoms with Crippen molar-refractivity contribution < 1.29 is 154 Å². The van der Waals surface area contributed by atoms with Crippen molar-refractivity contribution in [2.45, 2.75) is 202 Å². The molecule has 10 N–H and O–H groups in total. The van der Waals surface area contributed by atoms with E-state index < -0.39 is 179 Å². The maximum atomic E-state index is 12.7. The van der Waals surface area contributed by atoms with Crippen molar-refractivity contribution in [3.63, 3.8) is 0 Å². The highest BCUT2D eigenvalue weighted by molar-refractivity contribution is 5.90. The molecule has 0 bridgehead atoms. The van der Waals surface area contributed by atoms with Crippen molar-refractivity contribution in [3.8, 4) is 0 Å². The third kappa shape index (κ3) is 62.9. The molecule has 0 fully saturated rings. The summed E-state index contributed by atoms with van der Waals surface area (Å²) in [6, 6.07) is 11.4. The normalized spacial score (nSPS) is 12.5. The highest BCUT2D eigenvalue weighted by Crippen LogP contribution is 2.21. The molecule has 0 saturated heterocycles. The van der Waals surface area contributed by atoms with Gasteiger partial charge in [0, 0.05) is 0 Å². The highest BCUT2D eigenvalue weighted by atomic mass is 16.6. The van der Waals surface area contributed by atoms with Crippen molar-refractivity contribution >= 4 is 96.0 Å². The molecule has 0 heterocycles. The Hall–Kier alpha value is -13.2. The number of amides is 4. The smallest absolute Gasteiger partial charge is 0.408 e. The Bertz CT molecular complexity index is 3770. The van der Waals surface area contributed by atoms with Crippen LogP contribution in [0.15, 0.2) is 175 Å². The van der Waals surface area contributed by atoms with E-state index in [9.17, 15) is 86.9 Å². The SMILES string of the molecule is C.C=CCOC(=O)CC(C)C(=O)OCC=C.C=CCOC(=O)C[C@@H](NC(=O)OC(C)(C)C)C(=O)OCC=C.C=CCOC(=O)[C@H](NC(=O)OC(C)(C)C)[C@H](CC=C)C(=O)O.C=CCOC(=O)[C@H](NC(=O)OC(C)(C)C)[C@H](CC=C)C(=O)OCc1ccccc1.C=CC[C@H](C(=O)OCc1ccccc1)[C@@H](NC(=O)OC(C)(C)C)C(=O)O.N[C@H](CC(=O)O)C(=O)O. The molecule has 692 valence electrons. The zero-order chi connectivity index (χ0) is 95.2. The van der Waals surface area contributed by atoms with E-state index in [1.54, 1.807) is 114 Å². The summed E-state index contributed by atoms with van der Waals surface area (Å²) in [4.78, 5) is 185. The third-order valence-electron chi connectivity index (χ3n) is 13.7. The summed E-state index contributed by atoms with van der Waals surface area (Å²) in [6.07, 6.45) is 8.39. The lowest BCUT2D eigenvalue weighted by Gasteiger charge is -2.26. The minimum Gasteiger partial charge on any atom is -0.481 e. The summed E-state index contributed by atoms with van der Waals surface area (Å²) in [5.41, 5.74) is 3.31. The summed E-state index contributed by atoms with van der Waals surface area (Å²) in [6.45, 7) is 52.9. The Balaban J connectivity index is -0.000000468. The highest BCUT2D eigenvalue weighted by Gasteiger charge is 2.40. The molecule has 0 aliphatic heterocycles. The third-order valence-corrected chi connectivity index (χ3v) is 13.7. The molecule has 0 spiro atoms. The first-order chi connectivity index (χ1) is 57.3. The number of nitrogens with one attached hydrogen (secondary N) is 4. The number of hydrogen-bond acceptors (Lipinski definition) is 29. The molecule has 9 atom stereocenters. The van der Waals surface area contributed by atoms with Crippen molar-refractivity contribution in [1.29, 1.82) is 0 Å². The summed E-state index contributed by atoms with van der Waals surface area (Å²) < 4.78 is 59.9. The van der Waals surface area contributed by atoms with Gasteiger partial charge in [0.25, 0.3) is 0 Å². The lowest BCUT2D eigenvalue weighted by Crippen LogP contribution is -2.50. The first-order valence-electron chi connectivity index (χ1n) is 37.8. The summed E-state index contributed by atoms with van der Waals surface area (Å²) in [5, 5.41) is 43.9. The largest absolute Gasteiger partial charge is 0.481 e. The van der Waals surface area contributed by atoms with E-state index in [2.05, 4.69) is 80.5 Å². The van der Waals surface area contributed by atoms with Gasteiger partial charge in [-0.15, -0.1) is 19.7 Å². The minimum atomic E-state index is -1.49. The van der Waals surface area contributed by atoms with Gasteiger partial charge in [-0.05, 0) is 113 Å². The number of alkyl carbamates (subject to hydrolysis) is 4. The number of hydrogen-bond donors (Lipinski definition) is 9. The first kappa shape index (κ1) is 119. The molecule has 2 rings (SSSR count). The van der Waals surface area contributed by atoms with Gasteiger partial charge in [0.15, 0.2) is 0 Å². The number of carbonyl (C=O) groups is 16. The first-order valence-corrected chi connectivity index (χ1v) is 37.8. The van der Waals surface area contributed by atoms with E-state index in [0.717, 1.165) is 11.1 Å². The second kappa shape index (κ2) is 65.5. The molecule has 37 nitrogen and oxygen atoms in total. The Morgan fingerprint density at radius 3 is 0.935 bits per heavy atom. The molecule has 4 amide bonds. The van der Waals surface area contributed by atoms with E-state index in [-0.39, 0.29) is 92.4 Å². The number of nitrogens with two attached hydrogens (primary N) is 1. The second-order valence-corrected chi connectivity index (χ2v) is 29.3. The number of carbonyl (C=O) groups excluding carboxylic acids is 12. The number of ether oxygens (including phenoxy) is 12. The van der Waals surface area contributed by atoms with Gasteiger partial charge in [-0.1, -0.05) is 169 Å². The summed E-state index contributed by atoms with van der Waals surface area (Å²) in [5.74, 6) is -14.3. The zero-order valence-electron chi connectivity index (χ0n) is 72.2. The van der Waals surface area contributed by atoms with Crippen LogP contribution in [-0.2, 0) is 128 Å². The quantitative estimate of drug-likeness (QED) is 0.0169. The number of carboxylic acid groups (broad SMARTS) is 4. The molecular weight excluding hydrogens is 1630 g/mol. The fourth-order valence-corrected chi connectivity index (χ4v) is 8.44. The molecule has 0 aliphatic rings. The van der Waals surface area contributed by atoms with Crippen LogP contribution in [0.1, 0.15) is 147 Å². The molecule has 0 aromatic heterocycles. The molecular formula is C87H127N5O32. The topological polar surface area (TPSA) is 539 Å². The zero-order valence-corrected chi connectivity index (χ0v) is 72.2. The molecule has 0 radical (unpaired) electrons. The van der Waals surface area contributed by atoms with Crippen molar-refractivity contribution in [3.05, 3.63) is 186 Å². The van der Waals surface area contributed by atoms with Crippen LogP contribution in [0, 0.1) is 23.7 Å². The van der Waals surface area contributed by atoms with Gasteiger partial charge in [0.2, 0.25) is 0 Å². The van der Waals surface area contributed by atoms with Gasteiger partial charge in [-0.3, -0.25) is 38.4 Å². The minimum absolute atomic E-state index is 0. The molecule has 2 aromatic carbocycles. The van der Waals surface area contributed by atoms with E-state index >= 15 is 0 Å². The molecule has 1 unspecified atom stereocenters.